The van der Waals surface area contributed by atoms with E-state index in [0.717, 1.165) is 32.2 Å². The van der Waals surface area contributed by atoms with Crippen molar-refractivity contribution in [2.45, 2.75) is 51.2 Å². The lowest BCUT2D eigenvalue weighted by molar-refractivity contribution is -0.0887. The van der Waals surface area contributed by atoms with E-state index in [2.05, 4.69) is 0 Å². The first-order valence-corrected chi connectivity index (χ1v) is 8.28. The maximum absolute atomic E-state index is 12.7. The number of carbonyl (C=O) groups excluding carboxylic acids is 1. The number of halogens is 1. The summed E-state index contributed by atoms with van der Waals surface area (Å²) >= 11 is 6.03. The number of aliphatic hydroxyl groups is 1. The van der Waals surface area contributed by atoms with Gasteiger partial charge < -0.3 is 14.6 Å². The van der Waals surface area contributed by atoms with Crippen molar-refractivity contribution in [2.75, 3.05) is 13.1 Å². The topological polar surface area (TPSA) is 45.5 Å². The van der Waals surface area contributed by atoms with Gasteiger partial charge in [-0.1, -0.05) is 24.4 Å². The Balaban J connectivity index is 1.77. The van der Waals surface area contributed by atoms with Crippen molar-refractivity contribution in [2.24, 2.45) is 5.92 Å². The molecule has 1 aromatic rings. The Hall–Kier alpha value is -1.00. The zero-order chi connectivity index (χ0) is 15.0. The lowest BCUT2D eigenvalue weighted by Crippen LogP contribution is -2.54. The van der Waals surface area contributed by atoms with Crippen LogP contribution in [0, 0.1) is 5.92 Å². The Kier molecular flexibility index (Phi) is 4.02. The molecule has 0 radical (unpaired) electrons. The fraction of sp³-hybridized carbons (Fsp3) is 0.688. The molecule has 0 spiro atoms. The Morgan fingerprint density at radius 3 is 3.05 bits per heavy atom. The second kappa shape index (κ2) is 5.65. The van der Waals surface area contributed by atoms with E-state index >= 15 is 0 Å². The summed E-state index contributed by atoms with van der Waals surface area (Å²) < 4.78 is 1.90. The summed E-state index contributed by atoms with van der Waals surface area (Å²) in [6.07, 6.45) is 6.67. The summed E-state index contributed by atoms with van der Waals surface area (Å²) in [6, 6.07) is 1.75. The molecule has 0 aromatic carbocycles. The largest absolute Gasteiger partial charge is 0.389 e. The highest BCUT2D eigenvalue weighted by molar-refractivity contribution is 6.31. The van der Waals surface area contributed by atoms with Crippen LogP contribution in [-0.2, 0) is 6.54 Å². The number of likely N-dealkylation sites (tertiary alicyclic amines) is 1. The van der Waals surface area contributed by atoms with E-state index in [-0.39, 0.29) is 11.8 Å². The van der Waals surface area contributed by atoms with Gasteiger partial charge in [0.25, 0.3) is 5.91 Å². The third kappa shape index (κ3) is 2.71. The number of hydrogen-bond donors (Lipinski definition) is 1. The van der Waals surface area contributed by atoms with Crippen molar-refractivity contribution >= 4 is 17.5 Å². The van der Waals surface area contributed by atoms with E-state index in [1.807, 2.05) is 16.4 Å². The first-order valence-electron chi connectivity index (χ1n) is 7.91. The van der Waals surface area contributed by atoms with Crippen LogP contribution in [-0.4, -0.2) is 39.2 Å². The summed E-state index contributed by atoms with van der Waals surface area (Å²) in [6.45, 7) is 4.04. The van der Waals surface area contributed by atoms with Crippen LogP contribution in [0.3, 0.4) is 0 Å². The molecule has 3 rings (SSSR count). The van der Waals surface area contributed by atoms with Gasteiger partial charge in [0.1, 0.15) is 5.69 Å². The molecule has 1 amide bonds. The minimum absolute atomic E-state index is 0.0383. The van der Waals surface area contributed by atoms with Gasteiger partial charge >= 0.3 is 0 Å². The molecule has 4 nitrogen and oxygen atoms in total. The predicted molar refractivity (Wildman–Crippen MR) is 82.5 cm³/mol. The molecule has 2 aliphatic rings. The number of nitrogens with zero attached hydrogens (tertiary/aromatic N) is 2. The number of fused-ring (bicyclic) bond motifs is 1. The van der Waals surface area contributed by atoms with Crippen LogP contribution in [0.2, 0.25) is 5.02 Å². The van der Waals surface area contributed by atoms with Gasteiger partial charge in [-0.3, -0.25) is 4.79 Å². The van der Waals surface area contributed by atoms with Crippen LogP contribution in [0.5, 0.6) is 0 Å². The van der Waals surface area contributed by atoms with Crippen molar-refractivity contribution in [1.29, 1.82) is 0 Å². The van der Waals surface area contributed by atoms with Gasteiger partial charge in [0.2, 0.25) is 0 Å². The van der Waals surface area contributed by atoms with E-state index < -0.39 is 5.60 Å². The van der Waals surface area contributed by atoms with Crippen molar-refractivity contribution in [3.63, 3.8) is 0 Å². The zero-order valence-electron chi connectivity index (χ0n) is 12.5. The Morgan fingerprint density at radius 2 is 2.29 bits per heavy atom. The first kappa shape index (κ1) is 14.9. The molecule has 1 aliphatic heterocycles. The molecule has 1 N–H and O–H groups in total. The van der Waals surface area contributed by atoms with Crippen LogP contribution in [0.25, 0.3) is 0 Å². The number of piperidine rings is 1. The van der Waals surface area contributed by atoms with Crippen molar-refractivity contribution in [3.8, 4) is 0 Å². The van der Waals surface area contributed by atoms with Crippen LogP contribution >= 0.6 is 11.6 Å². The number of rotatable bonds is 2. The fourth-order valence-corrected chi connectivity index (χ4v) is 4.05. The van der Waals surface area contributed by atoms with Gasteiger partial charge in [0, 0.05) is 31.7 Å². The fourth-order valence-electron chi connectivity index (χ4n) is 3.83. The highest BCUT2D eigenvalue weighted by Crippen LogP contribution is 2.40. The average molecular weight is 311 g/mol. The standard InChI is InChI=1S/C16H23ClN2O2/c1-2-18-11-13(17)9-14(18)15(20)19-8-7-16(21)6-4-3-5-12(16)10-19/h9,11-12,21H,2-8,10H2,1H3. The Bertz CT molecular complexity index is 542. The molecule has 116 valence electrons. The molecule has 2 unspecified atom stereocenters. The van der Waals surface area contributed by atoms with E-state index in [1.54, 1.807) is 12.3 Å². The number of aryl methyl sites for hydroxylation is 1. The van der Waals surface area contributed by atoms with Gasteiger partial charge in [-0.25, -0.2) is 0 Å². The maximum Gasteiger partial charge on any atom is 0.270 e. The molecule has 5 heteroatoms. The molecule has 1 aliphatic carbocycles. The van der Waals surface area contributed by atoms with Gasteiger partial charge in [-0.15, -0.1) is 0 Å². The second-order valence-corrected chi connectivity index (χ2v) is 6.81. The van der Waals surface area contributed by atoms with Crippen LogP contribution < -0.4 is 0 Å². The Labute approximate surface area is 130 Å². The van der Waals surface area contributed by atoms with Crippen LogP contribution in [0.15, 0.2) is 12.3 Å². The van der Waals surface area contributed by atoms with E-state index in [9.17, 15) is 9.90 Å². The highest BCUT2D eigenvalue weighted by Gasteiger charge is 2.44. The molecule has 1 saturated heterocycles. The number of amides is 1. The predicted octanol–water partition coefficient (Wildman–Crippen LogP) is 2.93. The van der Waals surface area contributed by atoms with Gasteiger partial charge in [0.05, 0.1) is 10.6 Å². The molecule has 2 fully saturated rings. The molecule has 1 saturated carbocycles. The summed E-state index contributed by atoms with van der Waals surface area (Å²) in [7, 11) is 0. The van der Waals surface area contributed by atoms with Crippen molar-refractivity contribution in [3.05, 3.63) is 23.0 Å². The highest BCUT2D eigenvalue weighted by atomic mass is 35.5. The smallest absolute Gasteiger partial charge is 0.270 e. The summed E-state index contributed by atoms with van der Waals surface area (Å²) in [4.78, 5) is 14.6. The average Bonchev–Trinajstić information content (AvgIpc) is 2.86. The van der Waals surface area contributed by atoms with Gasteiger partial charge in [-0.2, -0.15) is 0 Å². The first-order chi connectivity index (χ1) is 10.0. The quantitative estimate of drug-likeness (QED) is 0.913. The molecule has 1 aromatic heterocycles. The molecular weight excluding hydrogens is 288 g/mol. The van der Waals surface area contributed by atoms with Gasteiger partial charge in [0.15, 0.2) is 0 Å². The summed E-state index contributed by atoms with van der Waals surface area (Å²) in [5.41, 5.74) is 0.114. The number of aromatic nitrogens is 1. The van der Waals surface area contributed by atoms with Crippen LogP contribution in [0.1, 0.15) is 49.5 Å². The summed E-state index contributed by atoms with van der Waals surface area (Å²) in [5.74, 6) is 0.265. The lowest BCUT2D eigenvalue weighted by atomic mass is 9.71. The third-order valence-corrected chi connectivity index (χ3v) is 5.34. The second-order valence-electron chi connectivity index (χ2n) is 6.38. The minimum atomic E-state index is -0.542. The third-order valence-electron chi connectivity index (χ3n) is 5.14. The van der Waals surface area contributed by atoms with E-state index in [1.165, 1.54) is 0 Å². The van der Waals surface area contributed by atoms with E-state index in [0.29, 0.717) is 30.2 Å². The molecule has 2 heterocycles. The normalized spacial score (nSPS) is 29.3. The minimum Gasteiger partial charge on any atom is -0.389 e. The van der Waals surface area contributed by atoms with Crippen LogP contribution in [0.4, 0.5) is 0 Å². The zero-order valence-corrected chi connectivity index (χ0v) is 13.3. The van der Waals surface area contributed by atoms with Crippen molar-refractivity contribution in [1.82, 2.24) is 9.47 Å². The number of carbonyl (C=O) groups is 1. The number of hydrogen-bond acceptors (Lipinski definition) is 2. The maximum atomic E-state index is 12.7. The molecule has 21 heavy (non-hydrogen) atoms. The molecule has 2 atom stereocenters. The Morgan fingerprint density at radius 1 is 1.48 bits per heavy atom. The van der Waals surface area contributed by atoms with Crippen molar-refractivity contribution < 1.29 is 9.90 Å². The lowest BCUT2D eigenvalue weighted by Gasteiger charge is -2.47. The SMILES string of the molecule is CCn1cc(Cl)cc1C(=O)N1CCC2(O)CCCCC2C1. The molecular formula is C16H23ClN2O2. The summed E-state index contributed by atoms with van der Waals surface area (Å²) in [5, 5.41) is 11.3. The monoisotopic (exact) mass is 310 g/mol. The molecule has 0 bridgehead atoms. The van der Waals surface area contributed by atoms with Gasteiger partial charge in [-0.05, 0) is 32.3 Å². The van der Waals surface area contributed by atoms with E-state index in [4.69, 9.17) is 11.6 Å².